The van der Waals surface area contributed by atoms with Gasteiger partial charge in [-0.25, -0.2) is 0 Å². The normalized spacial score (nSPS) is 21.7. The Balaban J connectivity index is 1.40. The van der Waals surface area contributed by atoms with E-state index in [2.05, 4.69) is 10.3 Å². The van der Waals surface area contributed by atoms with Crippen LogP contribution < -0.4 is 14.8 Å². The molecule has 1 fully saturated rings. The molecular formula is C20H22N2O4. The number of rotatable bonds is 6. The van der Waals surface area contributed by atoms with Gasteiger partial charge in [-0.1, -0.05) is 6.07 Å². The second kappa shape index (κ2) is 7.33. The first-order valence-electron chi connectivity index (χ1n) is 8.92. The van der Waals surface area contributed by atoms with Crippen LogP contribution in [0.15, 0.2) is 42.7 Å². The van der Waals surface area contributed by atoms with Crippen molar-refractivity contribution in [1.82, 2.24) is 10.3 Å². The smallest absolute Gasteiger partial charge is 0.231 e. The highest BCUT2D eigenvalue weighted by molar-refractivity contribution is 5.79. The number of carbonyl (C=O) groups is 1. The van der Waals surface area contributed by atoms with Crippen LogP contribution in [0.5, 0.6) is 11.5 Å². The Morgan fingerprint density at radius 3 is 2.69 bits per heavy atom. The highest BCUT2D eigenvalue weighted by Crippen LogP contribution is 2.33. The zero-order valence-corrected chi connectivity index (χ0v) is 14.4. The van der Waals surface area contributed by atoms with Crippen molar-refractivity contribution in [3.63, 3.8) is 0 Å². The molecule has 2 N–H and O–H groups in total. The first-order valence-corrected chi connectivity index (χ1v) is 8.92. The summed E-state index contributed by atoms with van der Waals surface area (Å²) in [4.78, 5) is 16.6. The van der Waals surface area contributed by atoms with E-state index in [1.165, 1.54) is 0 Å². The van der Waals surface area contributed by atoms with Crippen LogP contribution in [0.2, 0.25) is 0 Å². The maximum atomic E-state index is 12.6. The number of carbonyl (C=O) groups excluding carboxylic acids is 1. The van der Waals surface area contributed by atoms with Crippen LogP contribution in [-0.2, 0) is 17.6 Å². The number of pyridine rings is 1. The number of nitrogens with one attached hydrogen (secondary N) is 1. The number of aromatic nitrogens is 1. The van der Waals surface area contributed by atoms with Gasteiger partial charge >= 0.3 is 0 Å². The number of aliphatic hydroxyl groups is 1. The van der Waals surface area contributed by atoms with Crippen LogP contribution in [0.4, 0.5) is 0 Å². The zero-order valence-electron chi connectivity index (χ0n) is 14.4. The third-order valence-electron chi connectivity index (χ3n) is 5.07. The highest BCUT2D eigenvalue weighted by Gasteiger charge is 2.34. The Morgan fingerprint density at radius 1 is 1.15 bits per heavy atom. The Bertz CT molecular complexity index is 775. The predicted octanol–water partition coefficient (Wildman–Crippen LogP) is 1.85. The molecule has 1 saturated carbocycles. The first-order chi connectivity index (χ1) is 12.7. The van der Waals surface area contributed by atoms with Crippen LogP contribution in [0.1, 0.15) is 24.0 Å². The van der Waals surface area contributed by atoms with E-state index in [4.69, 9.17) is 9.47 Å². The second-order valence-electron chi connectivity index (χ2n) is 6.98. The third kappa shape index (κ3) is 3.80. The fraction of sp³-hybridized carbons (Fsp3) is 0.400. The Labute approximate surface area is 152 Å². The summed E-state index contributed by atoms with van der Waals surface area (Å²) >= 11 is 0. The van der Waals surface area contributed by atoms with Gasteiger partial charge in [0.2, 0.25) is 12.7 Å². The highest BCUT2D eigenvalue weighted by atomic mass is 16.7. The molecule has 136 valence electrons. The summed E-state index contributed by atoms with van der Waals surface area (Å²) in [5.74, 6) is 1.68. The topological polar surface area (TPSA) is 80.7 Å². The molecule has 6 heteroatoms. The summed E-state index contributed by atoms with van der Waals surface area (Å²) in [5.41, 5.74) is 2.03. The Kier molecular flexibility index (Phi) is 4.75. The number of nitrogens with zero attached hydrogens (tertiary/aromatic N) is 1. The van der Waals surface area contributed by atoms with E-state index >= 15 is 0 Å². The monoisotopic (exact) mass is 354 g/mol. The standard InChI is InChI=1S/C20H22N2O4/c23-16-10-15(11-16)17(7-13-3-5-21-6-4-13)22-20(24)9-14-1-2-18-19(8-14)26-12-25-18/h1-6,8,15-17,23H,7,9-12H2,(H,22,24)/t15?,16?,17-/m1/s1. The molecule has 1 aliphatic carbocycles. The van der Waals surface area contributed by atoms with Gasteiger partial charge in [-0.05, 0) is 60.6 Å². The SMILES string of the molecule is O=C(Cc1ccc2c(c1)OCO2)N[C@H](Cc1ccncc1)C1CC(O)C1. The molecule has 1 aromatic carbocycles. The van der Waals surface area contributed by atoms with Gasteiger partial charge in [-0.2, -0.15) is 0 Å². The molecule has 1 amide bonds. The van der Waals surface area contributed by atoms with Crippen molar-refractivity contribution in [3.8, 4) is 11.5 Å². The molecule has 2 aliphatic rings. The first kappa shape index (κ1) is 16.8. The Hall–Kier alpha value is -2.60. The summed E-state index contributed by atoms with van der Waals surface area (Å²) < 4.78 is 10.7. The van der Waals surface area contributed by atoms with Crippen LogP contribution in [-0.4, -0.2) is 34.9 Å². The van der Waals surface area contributed by atoms with Gasteiger partial charge in [0.1, 0.15) is 0 Å². The van der Waals surface area contributed by atoms with E-state index < -0.39 is 0 Å². The lowest BCUT2D eigenvalue weighted by Gasteiger charge is -2.38. The average molecular weight is 354 g/mol. The lowest BCUT2D eigenvalue weighted by molar-refractivity contribution is -0.122. The van der Waals surface area contributed by atoms with Gasteiger partial charge in [-0.15, -0.1) is 0 Å². The van der Waals surface area contributed by atoms with Crippen molar-refractivity contribution in [1.29, 1.82) is 0 Å². The maximum Gasteiger partial charge on any atom is 0.231 e. The molecule has 0 spiro atoms. The largest absolute Gasteiger partial charge is 0.454 e. The summed E-state index contributed by atoms with van der Waals surface area (Å²) in [6, 6.07) is 9.52. The molecule has 26 heavy (non-hydrogen) atoms. The third-order valence-corrected chi connectivity index (χ3v) is 5.07. The fourth-order valence-electron chi connectivity index (χ4n) is 3.56. The zero-order chi connectivity index (χ0) is 17.9. The molecule has 1 aliphatic heterocycles. The maximum absolute atomic E-state index is 12.6. The van der Waals surface area contributed by atoms with Crippen LogP contribution in [0.3, 0.4) is 0 Å². The number of benzene rings is 1. The van der Waals surface area contributed by atoms with E-state index in [-0.39, 0.29) is 24.8 Å². The van der Waals surface area contributed by atoms with Crippen molar-refractivity contribution in [2.75, 3.05) is 6.79 Å². The minimum atomic E-state index is -0.245. The number of aliphatic hydroxyl groups excluding tert-OH is 1. The average Bonchev–Trinajstić information content (AvgIpc) is 3.07. The molecular weight excluding hydrogens is 332 g/mol. The van der Waals surface area contributed by atoms with Crippen LogP contribution >= 0.6 is 0 Å². The molecule has 0 bridgehead atoms. The van der Waals surface area contributed by atoms with E-state index in [0.29, 0.717) is 23.8 Å². The number of hydrogen-bond acceptors (Lipinski definition) is 5. The van der Waals surface area contributed by atoms with Gasteiger partial charge in [0.15, 0.2) is 11.5 Å². The van der Waals surface area contributed by atoms with Crippen molar-refractivity contribution in [2.45, 2.75) is 37.8 Å². The summed E-state index contributed by atoms with van der Waals surface area (Å²) in [5, 5.41) is 12.8. The molecule has 1 atom stereocenters. The lowest BCUT2D eigenvalue weighted by atomic mass is 9.75. The number of ether oxygens (including phenoxy) is 2. The van der Waals surface area contributed by atoms with E-state index in [9.17, 15) is 9.90 Å². The molecule has 2 aromatic rings. The number of fused-ring (bicyclic) bond motifs is 1. The van der Waals surface area contributed by atoms with Crippen LogP contribution in [0.25, 0.3) is 0 Å². The predicted molar refractivity (Wildman–Crippen MR) is 94.9 cm³/mol. The minimum absolute atomic E-state index is 0.0160. The fourth-order valence-corrected chi connectivity index (χ4v) is 3.56. The van der Waals surface area contributed by atoms with Crippen LogP contribution in [0, 0.1) is 5.92 Å². The molecule has 1 aromatic heterocycles. The molecule has 0 unspecified atom stereocenters. The summed E-state index contributed by atoms with van der Waals surface area (Å²) in [6.45, 7) is 0.225. The lowest BCUT2D eigenvalue weighted by Crippen LogP contribution is -2.48. The van der Waals surface area contributed by atoms with Gasteiger partial charge in [0, 0.05) is 18.4 Å². The molecule has 0 saturated heterocycles. The molecule has 2 heterocycles. The van der Waals surface area contributed by atoms with Gasteiger partial charge < -0.3 is 19.9 Å². The van der Waals surface area contributed by atoms with E-state index in [0.717, 1.165) is 30.4 Å². The van der Waals surface area contributed by atoms with Gasteiger partial charge in [0.25, 0.3) is 0 Å². The molecule has 4 rings (SSSR count). The van der Waals surface area contributed by atoms with Crippen molar-refractivity contribution in [3.05, 3.63) is 53.9 Å². The van der Waals surface area contributed by atoms with Crippen molar-refractivity contribution < 1.29 is 19.4 Å². The Morgan fingerprint density at radius 2 is 1.92 bits per heavy atom. The minimum Gasteiger partial charge on any atom is -0.454 e. The molecule has 6 nitrogen and oxygen atoms in total. The summed E-state index contributed by atoms with van der Waals surface area (Å²) in [6.07, 6.45) is 5.78. The van der Waals surface area contributed by atoms with E-state index in [1.807, 2.05) is 30.3 Å². The van der Waals surface area contributed by atoms with Gasteiger partial charge in [-0.3, -0.25) is 9.78 Å². The van der Waals surface area contributed by atoms with Crippen molar-refractivity contribution >= 4 is 5.91 Å². The molecule has 0 radical (unpaired) electrons. The second-order valence-corrected chi connectivity index (χ2v) is 6.98. The van der Waals surface area contributed by atoms with Gasteiger partial charge in [0.05, 0.1) is 12.5 Å². The quantitative estimate of drug-likeness (QED) is 0.828. The van der Waals surface area contributed by atoms with Crippen molar-refractivity contribution in [2.24, 2.45) is 5.92 Å². The summed E-state index contributed by atoms with van der Waals surface area (Å²) in [7, 11) is 0. The van der Waals surface area contributed by atoms with E-state index in [1.54, 1.807) is 12.4 Å². The number of hydrogen-bond donors (Lipinski definition) is 2. The number of amides is 1.